The Bertz CT molecular complexity index is 473. The molecule has 1 aliphatic rings. The zero-order valence-electron chi connectivity index (χ0n) is 10.5. The van der Waals surface area contributed by atoms with Crippen molar-refractivity contribution in [3.8, 4) is 0 Å². The van der Waals surface area contributed by atoms with Crippen molar-refractivity contribution in [2.75, 3.05) is 6.54 Å². The number of hydrogen-bond acceptors (Lipinski definition) is 6. The number of rotatable bonds is 5. The Morgan fingerprint density at radius 1 is 1.42 bits per heavy atom. The number of hydrogen-bond donors (Lipinski definition) is 2. The minimum atomic E-state index is -1.03. The van der Waals surface area contributed by atoms with Gasteiger partial charge in [0.2, 0.25) is 11.8 Å². The van der Waals surface area contributed by atoms with E-state index in [1.807, 2.05) is 0 Å². The monoisotopic (exact) mass is 269 g/mol. The number of carboxylic acid groups (broad SMARTS) is 1. The zero-order chi connectivity index (χ0) is 13.8. The van der Waals surface area contributed by atoms with E-state index in [2.05, 4.69) is 15.5 Å². The number of carboxylic acids is 1. The quantitative estimate of drug-likeness (QED) is 0.752. The van der Waals surface area contributed by atoms with Crippen molar-refractivity contribution < 1.29 is 24.0 Å². The Morgan fingerprint density at radius 3 is 2.74 bits per heavy atom. The Labute approximate surface area is 109 Å². The van der Waals surface area contributed by atoms with Gasteiger partial charge >= 0.3 is 5.97 Å². The van der Waals surface area contributed by atoms with Crippen molar-refractivity contribution in [3.63, 3.8) is 0 Å². The minimum Gasteiger partial charge on any atom is -0.479 e. The van der Waals surface area contributed by atoms with Crippen molar-refractivity contribution in [1.82, 2.24) is 15.5 Å². The van der Waals surface area contributed by atoms with Crippen LogP contribution in [0.1, 0.15) is 24.6 Å². The normalized spacial score (nSPS) is 22.4. The van der Waals surface area contributed by atoms with Crippen LogP contribution in [0.15, 0.2) is 4.52 Å². The molecule has 0 aliphatic carbocycles. The minimum absolute atomic E-state index is 0.306. The predicted octanol–water partition coefficient (Wildman–Crippen LogP) is -0.331. The molecule has 1 aromatic rings. The number of nitrogens with zero attached hydrogens (tertiary/aromatic N) is 2. The standard InChI is InChI=1S/C11H15N3O5/c1-6-13-9(19-14-6)4-5-12-10(15)7-2-3-8(18-7)11(16)17/h7-8H,2-5H2,1H3,(H,12,15)(H,16,17)/t7-,8+/m0/s1. The Balaban J connectivity index is 1.72. The highest BCUT2D eigenvalue weighted by atomic mass is 16.5. The molecule has 0 radical (unpaired) electrons. The zero-order valence-corrected chi connectivity index (χ0v) is 10.5. The first-order valence-electron chi connectivity index (χ1n) is 6.01. The van der Waals surface area contributed by atoms with E-state index in [1.165, 1.54) is 0 Å². The fraction of sp³-hybridized carbons (Fsp3) is 0.636. The molecule has 19 heavy (non-hydrogen) atoms. The molecule has 1 fully saturated rings. The molecule has 1 aromatic heterocycles. The molecule has 1 aliphatic heterocycles. The number of amides is 1. The van der Waals surface area contributed by atoms with Gasteiger partial charge in [-0.1, -0.05) is 5.16 Å². The first kappa shape index (κ1) is 13.5. The number of ether oxygens (including phenoxy) is 1. The molecule has 0 unspecified atom stereocenters. The lowest BCUT2D eigenvalue weighted by molar-refractivity contribution is -0.151. The number of carbonyl (C=O) groups excluding carboxylic acids is 1. The van der Waals surface area contributed by atoms with Crippen molar-refractivity contribution >= 4 is 11.9 Å². The summed E-state index contributed by atoms with van der Waals surface area (Å²) in [6, 6.07) is 0. The van der Waals surface area contributed by atoms with E-state index in [0.717, 1.165) is 0 Å². The largest absolute Gasteiger partial charge is 0.479 e. The van der Waals surface area contributed by atoms with Crippen LogP contribution in [0.4, 0.5) is 0 Å². The van der Waals surface area contributed by atoms with Crippen molar-refractivity contribution in [2.24, 2.45) is 0 Å². The van der Waals surface area contributed by atoms with E-state index in [0.29, 0.717) is 37.5 Å². The first-order chi connectivity index (χ1) is 9.06. The van der Waals surface area contributed by atoms with Gasteiger partial charge in [0, 0.05) is 13.0 Å². The molecule has 0 spiro atoms. The average Bonchev–Trinajstić information content (AvgIpc) is 2.98. The molecule has 2 heterocycles. The van der Waals surface area contributed by atoms with E-state index >= 15 is 0 Å². The molecule has 1 saturated heterocycles. The highest BCUT2D eigenvalue weighted by Gasteiger charge is 2.34. The molecule has 2 atom stereocenters. The number of aliphatic carboxylic acids is 1. The van der Waals surface area contributed by atoms with Crippen LogP contribution < -0.4 is 5.32 Å². The maximum Gasteiger partial charge on any atom is 0.332 e. The summed E-state index contributed by atoms with van der Waals surface area (Å²) >= 11 is 0. The van der Waals surface area contributed by atoms with Crippen LogP contribution in [0.25, 0.3) is 0 Å². The molecule has 104 valence electrons. The third-order valence-corrected chi connectivity index (χ3v) is 2.80. The molecule has 1 amide bonds. The van der Waals surface area contributed by atoms with Crippen LogP contribution in [0.2, 0.25) is 0 Å². The molecule has 0 aromatic carbocycles. The Hall–Kier alpha value is -1.96. The number of carbonyl (C=O) groups is 2. The van der Waals surface area contributed by atoms with Crippen LogP contribution in [0.3, 0.4) is 0 Å². The topological polar surface area (TPSA) is 115 Å². The maximum atomic E-state index is 11.7. The summed E-state index contributed by atoms with van der Waals surface area (Å²) in [5, 5.41) is 15.0. The van der Waals surface area contributed by atoms with Gasteiger partial charge < -0.3 is 19.7 Å². The average molecular weight is 269 g/mol. The predicted molar refractivity (Wildman–Crippen MR) is 61.3 cm³/mol. The summed E-state index contributed by atoms with van der Waals surface area (Å²) in [5.74, 6) is -0.338. The molecule has 8 heteroatoms. The third-order valence-electron chi connectivity index (χ3n) is 2.80. The SMILES string of the molecule is Cc1noc(CCNC(=O)[C@@H]2CC[C@H](C(=O)O)O2)n1. The molecule has 2 N–H and O–H groups in total. The summed E-state index contributed by atoms with van der Waals surface area (Å²) in [5.41, 5.74) is 0. The van der Waals surface area contributed by atoms with Gasteiger partial charge in [-0.3, -0.25) is 4.79 Å². The second kappa shape index (κ2) is 5.79. The summed E-state index contributed by atoms with van der Waals surface area (Å²) in [7, 11) is 0. The van der Waals surface area contributed by atoms with Gasteiger partial charge in [-0.05, 0) is 19.8 Å². The summed E-state index contributed by atoms with van der Waals surface area (Å²) < 4.78 is 10.0. The fourth-order valence-electron chi connectivity index (χ4n) is 1.86. The van der Waals surface area contributed by atoms with Crippen molar-refractivity contribution in [2.45, 2.75) is 38.4 Å². The maximum absolute atomic E-state index is 11.7. The van der Waals surface area contributed by atoms with Gasteiger partial charge in [0.05, 0.1) is 0 Å². The fourth-order valence-corrected chi connectivity index (χ4v) is 1.86. The lowest BCUT2D eigenvalue weighted by Gasteiger charge is -2.10. The van der Waals surface area contributed by atoms with Crippen LogP contribution in [-0.2, 0) is 20.7 Å². The lowest BCUT2D eigenvalue weighted by Crippen LogP contribution is -2.36. The molecular formula is C11H15N3O5. The smallest absolute Gasteiger partial charge is 0.332 e. The van der Waals surface area contributed by atoms with Gasteiger partial charge in [0.15, 0.2) is 11.9 Å². The van der Waals surface area contributed by atoms with Crippen LogP contribution in [0, 0.1) is 6.92 Å². The molecule has 0 saturated carbocycles. The van der Waals surface area contributed by atoms with Crippen LogP contribution >= 0.6 is 0 Å². The summed E-state index contributed by atoms with van der Waals surface area (Å²) in [4.78, 5) is 26.4. The third kappa shape index (κ3) is 3.50. The highest BCUT2D eigenvalue weighted by Crippen LogP contribution is 2.19. The van der Waals surface area contributed by atoms with E-state index in [9.17, 15) is 9.59 Å². The Morgan fingerprint density at radius 2 is 2.16 bits per heavy atom. The number of aromatic nitrogens is 2. The number of nitrogens with one attached hydrogen (secondary N) is 1. The van der Waals surface area contributed by atoms with Crippen LogP contribution in [-0.4, -0.2) is 45.9 Å². The second-order valence-electron chi connectivity index (χ2n) is 4.31. The lowest BCUT2D eigenvalue weighted by atomic mass is 10.2. The van der Waals surface area contributed by atoms with E-state index < -0.39 is 18.2 Å². The highest BCUT2D eigenvalue weighted by molar-refractivity contribution is 5.82. The Kier molecular flexibility index (Phi) is 4.10. The van der Waals surface area contributed by atoms with E-state index in [-0.39, 0.29) is 5.91 Å². The molecular weight excluding hydrogens is 254 g/mol. The molecule has 0 bridgehead atoms. The van der Waals surface area contributed by atoms with Gasteiger partial charge in [0.1, 0.15) is 6.10 Å². The van der Waals surface area contributed by atoms with Gasteiger partial charge in [0.25, 0.3) is 0 Å². The summed E-state index contributed by atoms with van der Waals surface area (Å²) in [6.45, 7) is 2.06. The van der Waals surface area contributed by atoms with Crippen molar-refractivity contribution in [1.29, 1.82) is 0 Å². The van der Waals surface area contributed by atoms with Crippen molar-refractivity contribution in [3.05, 3.63) is 11.7 Å². The van der Waals surface area contributed by atoms with E-state index in [4.69, 9.17) is 14.4 Å². The van der Waals surface area contributed by atoms with Gasteiger partial charge in [-0.25, -0.2) is 4.79 Å². The molecule has 8 nitrogen and oxygen atoms in total. The number of aryl methyl sites for hydroxylation is 1. The van der Waals surface area contributed by atoms with E-state index in [1.54, 1.807) is 6.92 Å². The molecule has 2 rings (SSSR count). The second-order valence-corrected chi connectivity index (χ2v) is 4.31. The summed E-state index contributed by atoms with van der Waals surface area (Å²) in [6.07, 6.45) is -0.361. The first-order valence-corrected chi connectivity index (χ1v) is 6.01. The van der Waals surface area contributed by atoms with Crippen LogP contribution in [0.5, 0.6) is 0 Å². The van der Waals surface area contributed by atoms with Gasteiger partial charge in [-0.15, -0.1) is 0 Å². The van der Waals surface area contributed by atoms with Gasteiger partial charge in [-0.2, -0.15) is 4.98 Å².